The van der Waals surface area contributed by atoms with Gasteiger partial charge in [-0.15, -0.1) is 0 Å². The van der Waals surface area contributed by atoms with Gasteiger partial charge < -0.3 is 9.05 Å². The third kappa shape index (κ3) is 4.29. The maximum absolute atomic E-state index is 13.5. The maximum atomic E-state index is 13.5. The molecule has 0 aromatic heterocycles. The Hall–Kier alpha value is -1.55. The zero-order valence-electron chi connectivity index (χ0n) is 12.4. The summed E-state index contributed by atoms with van der Waals surface area (Å²) < 4.78 is 26.8. The summed E-state index contributed by atoms with van der Waals surface area (Å²) in [7, 11) is -3.58. The van der Waals surface area contributed by atoms with Gasteiger partial charge in [-0.1, -0.05) is 50.1 Å². The van der Waals surface area contributed by atoms with Crippen LogP contribution in [0.5, 0.6) is 11.5 Å². The Morgan fingerprint density at radius 1 is 0.625 bits per heavy atom. The fourth-order valence-corrected chi connectivity index (χ4v) is 4.12. The van der Waals surface area contributed by atoms with Crippen LogP contribution in [0.3, 0.4) is 0 Å². The molecule has 0 saturated carbocycles. The van der Waals surface area contributed by atoms with Gasteiger partial charge in [0.2, 0.25) is 0 Å². The minimum absolute atomic E-state index is 0.475. The van der Waals surface area contributed by atoms with E-state index in [9.17, 15) is 4.57 Å². The molecule has 3 rings (SSSR count). The highest BCUT2D eigenvalue weighted by Gasteiger charge is 2.31. The van der Waals surface area contributed by atoms with Crippen molar-refractivity contribution in [3.63, 3.8) is 0 Å². The molecule has 3 aromatic carbocycles. The molecule has 0 saturated heterocycles. The fourth-order valence-electron chi connectivity index (χ4n) is 2.00. The van der Waals surface area contributed by atoms with E-state index in [1.807, 2.05) is 30.3 Å². The standard InChI is InChI=1S/C18H13Br2O3P/c19-14-6-10-16(11-7-14)22-24(21,18-4-2-1-3-5-18)23-17-12-8-15(20)9-13-17/h1-13H. The maximum Gasteiger partial charge on any atom is 0.462 e. The molecular formula is C18H13Br2O3P. The average Bonchev–Trinajstić information content (AvgIpc) is 2.60. The number of halogens is 2. The monoisotopic (exact) mass is 466 g/mol. The highest BCUT2D eigenvalue weighted by molar-refractivity contribution is 9.10. The molecule has 0 aliphatic carbocycles. The Morgan fingerprint density at radius 2 is 1.04 bits per heavy atom. The molecule has 0 aliphatic rings. The molecule has 0 heterocycles. The molecule has 0 atom stereocenters. The number of hydrogen-bond donors (Lipinski definition) is 0. The minimum Gasteiger partial charge on any atom is -0.413 e. The summed E-state index contributed by atoms with van der Waals surface area (Å²) in [5.74, 6) is 0.949. The van der Waals surface area contributed by atoms with Crippen molar-refractivity contribution in [3.05, 3.63) is 87.8 Å². The second-order valence-corrected chi connectivity index (χ2v) is 8.63. The second kappa shape index (κ2) is 7.56. The van der Waals surface area contributed by atoms with Crippen LogP contribution in [0.4, 0.5) is 0 Å². The van der Waals surface area contributed by atoms with Crippen molar-refractivity contribution in [3.8, 4) is 11.5 Å². The SMILES string of the molecule is O=P(Oc1ccc(Br)cc1)(Oc1ccc(Br)cc1)c1ccccc1. The van der Waals surface area contributed by atoms with E-state index in [0.717, 1.165) is 8.95 Å². The van der Waals surface area contributed by atoms with Crippen molar-refractivity contribution >= 4 is 44.8 Å². The van der Waals surface area contributed by atoms with Crippen LogP contribution in [-0.4, -0.2) is 0 Å². The van der Waals surface area contributed by atoms with E-state index in [1.54, 1.807) is 48.5 Å². The first-order valence-corrected chi connectivity index (χ1v) is 10.2. The highest BCUT2D eigenvalue weighted by Crippen LogP contribution is 2.47. The first-order valence-electron chi connectivity index (χ1n) is 7.11. The third-order valence-electron chi connectivity index (χ3n) is 3.15. The summed E-state index contributed by atoms with van der Waals surface area (Å²) in [5.41, 5.74) is 0. The van der Waals surface area contributed by atoms with Crippen molar-refractivity contribution in [1.29, 1.82) is 0 Å². The molecule has 6 heteroatoms. The van der Waals surface area contributed by atoms with Crippen molar-refractivity contribution in [2.45, 2.75) is 0 Å². The van der Waals surface area contributed by atoms with Gasteiger partial charge in [0.25, 0.3) is 0 Å². The average molecular weight is 468 g/mol. The van der Waals surface area contributed by atoms with E-state index in [1.165, 1.54) is 0 Å². The fraction of sp³-hybridized carbons (Fsp3) is 0. The molecule has 0 spiro atoms. The predicted molar refractivity (Wildman–Crippen MR) is 103 cm³/mol. The van der Waals surface area contributed by atoms with Crippen LogP contribution in [0.1, 0.15) is 0 Å². The lowest BCUT2D eigenvalue weighted by atomic mass is 10.3. The highest BCUT2D eigenvalue weighted by atomic mass is 79.9. The molecule has 3 aromatic rings. The number of benzene rings is 3. The molecule has 122 valence electrons. The zero-order chi connectivity index (χ0) is 17.0. The van der Waals surface area contributed by atoms with Gasteiger partial charge in [-0.3, -0.25) is 0 Å². The summed E-state index contributed by atoms with van der Waals surface area (Å²) in [6.45, 7) is 0. The quantitative estimate of drug-likeness (QED) is 0.420. The van der Waals surface area contributed by atoms with Gasteiger partial charge in [-0.2, -0.15) is 0 Å². The van der Waals surface area contributed by atoms with E-state index < -0.39 is 7.60 Å². The molecule has 0 unspecified atom stereocenters. The molecule has 0 aliphatic heterocycles. The number of rotatable bonds is 5. The van der Waals surface area contributed by atoms with E-state index in [-0.39, 0.29) is 0 Å². The van der Waals surface area contributed by atoms with Gasteiger partial charge in [-0.25, -0.2) is 4.57 Å². The summed E-state index contributed by atoms with van der Waals surface area (Å²) in [4.78, 5) is 0. The summed E-state index contributed by atoms with van der Waals surface area (Å²) in [6.07, 6.45) is 0. The second-order valence-electron chi connectivity index (χ2n) is 4.92. The zero-order valence-corrected chi connectivity index (χ0v) is 16.5. The van der Waals surface area contributed by atoms with Crippen LogP contribution < -0.4 is 14.4 Å². The molecule has 0 bridgehead atoms. The van der Waals surface area contributed by atoms with Gasteiger partial charge in [-0.05, 0) is 60.7 Å². The lowest BCUT2D eigenvalue weighted by molar-refractivity contribution is 0.399. The summed E-state index contributed by atoms with van der Waals surface area (Å²) >= 11 is 6.74. The van der Waals surface area contributed by atoms with Crippen molar-refractivity contribution in [2.75, 3.05) is 0 Å². The van der Waals surface area contributed by atoms with Crippen LogP contribution in [-0.2, 0) is 4.57 Å². The van der Waals surface area contributed by atoms with Gasteiger partial charge in [0.1, 0.15) is 11.5 Å². The Bertz CT molecular complexity index is 798. The van der Waals surface area contributed by atoms with Crippen LogP contribution in [0.15, 0.2) is 87.8 Å². The topological polar surface area (TPSA) is 35.5 Å². The minimum atomic E-state index is -3.58. The third-order valence-corrected chi connectivity index (χ3v) is 6.04. The van der Waals surface area contributed by atoms with Crippen LogP contribution in [0, 0.1) is 0 Å². The van der Waals surface area contributed by atoms with Crippen LogP contribution in [0.2, 0.25) is 0 Å². The normalized spacial score (nSPS) is 11.1. The summed E-state index contributed by atoms with van der Waals surface area (Å²) in [6, 6.07) is 23.2. The molecule has 0 radical (unpaired) electrons. The molecular weight excluding hydrogens is 455 g/mol. The molecule has 24 heavy (non-hydrogen) atoms. The first kappa shape index (κ1) is 17.3. The van der Waals surface area contributed by atoms with Crippen molar-refractivity contribution < 1.29 is 13.6 Å². The molecule has 0 N–H and O–H groups in total. The van der Waals surface area contributed by atoms with E-state index in [2.05, 4.69) is 31.9 Å². The van der Waals surface area contributed by atoms with Crippen molar-refractivity contribution in [1.82, 2.24) is 0 Å². The van der Waals surface area contributed by atoms with Gasteiger partial charge in [0.15, 0.2) is 0 Å². The van der Waals surface area contributed by atoms with Gasteiger partial charge in [0, 0.05) is 8.95 Å². The van der Waals surface area contributed by atoms with Gasteiger partial charge >= 0.3 is 7.60 Å². The van der Waals surface area contributed by atoms with Crippen LogP contribution >= 0.6 is 39.5 Å². The Labute approximate surface area is 157 Å². The predicted octanol–water partition coefficient (Wildman–Crippen LogP) is 6.19. The lowest BCUT2D eigenvalue weighted by Gasteiger charge is -2.20. The van der Waals surface area contributed by atoms with E-state index in [0.29, 0.717) is 16.8 Å². The van der Waals surface area contributed by atoms with E-state index in [4.69, 9.17) is 9.05 Å². The molecule has 0 fully saturated rings. The largest absolute Gasteiger partial charge is 0.462 e. The lowest BCUT2D eigenvalue weighted by Crippen LogP contribution is -2.14. The van der Waals surface area contributed by atoms with E-state index >= 15 is 0 Å². The summed E-state index contributed by atoms with van der Waals surface area (Å²) in [5, 5.41) is 0.496. The Balaban J connectivity index is 1.95. The molecule has 3 nitrogen and oxygen atoms in total. The van der Waals surface area contributed by atoms with Crippen LogP contribution in [0.25, 0.3) is 0 Å². The number of hydrogen-bond acceptors (Lipinski definition) is 3. The first-order chi connectivity index (χ1) is 11.5. The van der Waals surface area contributed by atoms with Crippen molar-refractivity contribution in [2.24, 2.45) is 0 Å². The Morgan fingerprint density at radius 3 is 1.46 bits per heavy atom. The van der Waals surface area contributed by atoms with Gasteiger partial charge in [0.05, 0.1) is 5.30 Å². The molecule has 0 amide bonds. The smallest absolute Gasteiger partial charge is 0.413 e. The Kier molecular flexibility index (Phi) is 5.44.